The Balaban J connectivity index is 1.69. The molecule has 0 atom stereocenters. The predicted molar refractivity (Wildman–Crippen MR) is 118 cm³/mol. The van der Waals surface area contributed by atoms with Crippen molar-refractivity contribution in [3.05, 3.63) is 96.1 Å². The second kappa shape index (κ2) is 8.21. The topological polar surface area (TPSA) is 75.5 Å². The number of para-hydroxylation sites is 2. The number of fused-ring (bicyclic) bond motifs is 1. The standard InChI is InChI=1S/C24H22N4O2/c1-16(2)18-12-6-7-13-19(18)26-24(30)22-27-21(20-14-8-9-15-28(20)22)23(29)25-17-10-4-3-5-11-17/h3-16H,1-2H3,(H,25,29)(H,26,30). The van der Waals surface area contributed by atoms with Gasteiger partial charge in [-0.15, -0.1) is 0 Å². The van der Waals surface area contributed by atoms with Gasteiger partial charge in [-0.3, -0.25) is 14.0 Å². The lowest BCUT2D eigenvalue weighted by Gasteiger charge is -2.13. The average Bonchev–Trinajstić information content (AvgIpc) is 3.15. The molecule has 150 valence electrons. The molecule has 30 heavy (non-hydrogen) atoms. The molecule has 6 heteroatoms. The number of pyridine rings is 1. The maximum Gasteiger partial charge on any atom is 0.292 e. The number of benzene rings is 2. The molecule has 0 saturated heterocycles. The summed E-state index contributed by atoms with van der Waals surface area (Å²) in [5.74, 6) is -0.331. The molecule has 0 aliphatic heterocycles. The minimum Gasteiger partial charge on any atom is -0.321 e. The number of hydrogen-bond acceptors (Lipinski definition) is 3. The number of rotatable bonds is 5. The third-order valence-electron chi connectivity index (χ3n) is 4.83. The largest absolute Gasteiger partial charge is 0.321 e. The van der Waals surface area contributed by atoms with Crippen molar-refractivity contribution in [1.29, 1.82) is 0 Å². The molecule has 0 radical (unpaired) electrons. The van der Waals surface area contributed by atoms with Crippen LogP contribution in [-0.4, -0.2) is 21.2 Å². The molecule has 2 aromatic carbocycles. The predicted octanol–water partition coefficient (Wildman–Crippen LogP) is 4.96. The Morgan fingerprint density at radius 3 is 2.30 bits per heavy atom. The first-order chi connectivity index (χ1) is 14.5. The van der Waals surface area contributed by atoms with E-state index in [0.29, 0.717) is 11.2 Å². The Kier molecular flexibility index (Phi) is 5.30. The van der Waals surface area contributed by atoms with Crippen molar-refractivity contribution in [1.82, 2.24) is 9.38 Å². The van der Waals surface area contributed by atoms with Gasteiger partial charge in [0.2, 0.25) is 5.82 Å². The molecule has 2 N–H and O–H groups in total. The molecule has 0 spiro atoms. The van der Waals surface area contributed by atoms with Crippen LogP contribution in [-0.2, 0) is 0 Å². The van der Waals surface area contributed by atoms with Gasteiger partial charge >= 0.3 is 0 Å². The van der Waals surface area contributed by atoms with Crippen LogP contribution in [0, 0.1) is 0 Å². The van der Waals surface area contributed by atoms with Crippen molar-refractivity contribution in [3.63, 3.8) is 0 Å². The zero-order valence-electron chi connectivity index (χ0n) is 16.8. The number of carbonyl (C=O) groups excluding carboxylic acids is 2. The van der Waals surface area contributed by atoms with Crippen LogP contribution >= 0.6 is 0 Å². The van der Waals surface area contributed by atoms with Crippen LogP contribution < -0.4 is 10.6 Å². The van der Waals surface area contributed by atoms with Gasteiger partial charge < -0.3 is 10.6 Å². The van der Waals surface area contributed by atoms with E-state index in [0.717, 1.165) is 11.3 Å². The summed E-state index contributed by atoms with van der Waals surface area (Å²) in [6.45, 7) is 4.14. The van der Waals surface area contributed by atoms with Crippen molar-refractivity contribution >= 4 is 28.7 Å². The number of imidazole rings is 1. The highest BCUT2D eigenvalue weighted by atomic mass is 16.2. The molecule has 2 aromatic heterocycles. The van der Waals surface area contributed by atoms with Crippen LogP contribution in [0.4, 0.5) is 11.4 Å². The van der Waals surface area contributed by atoms with E-state index in [2.05, 4.69) is 29.5 Å². The van der Waals surface area contributed by atoms with Gasteiger partial charge in [-0.25, -0.2) is 4.98 Å². The first-order valence-electron chi connectivity index (χ1n) is 9.78. The van der Waals surface area contributed by atoms with E-state index < -0.39 is 0 Å². The highest BCUT2D eigenvalue weighted by Crippen LogP contribution is 2.24. The summed E-state index contributed by atoms with van der Waals surface area (Å²) in [5.41, 5.74) is 3.20. The molecular weight excluding hydrogens is 376 g/mol. The number of nitrogens with zero attached hydrogens (tertiary/aromatic N) is 2. The van der Waals surface area contributed by atoms with Crippen molar-refractivity contribution in [2.24, 2.45) is 0 Å². The van der Waals surface area contributed by atoms with E-state index in [9.17, 15) is 9.59 Å². The fourth-order valence-corrected chi connectivity index (χ4v) is 3.37. The highest BCUT2D eigenvalue weighted by Gasteiger charge is 2.22. The third kappa shape index (κ3) is 3.80. The van der Waals surface area contributed by atoms with E-state index in [-0.39, 0.29) is 29.3 Å². The lowest BCUT2D eigenvalue weighted by molar-refractivity contribution is 0.101. The summed E-state index contributed by atoms with van der Waals surface area (Å²) in [5, 5.41) is 5.78. The first-order valence-corrected chi connectivity index (χ1v) is 9.78. The van der Waals surface area contributed by atoms with E-state index in [1.54, 1.807) is 34.9 Å². The summed E-state index contributed by atoms with van der Waals surface area (Å²) in [4.78, 5) is 30.3. The zero-order valence-corrected chi connectivity index (χ0v) is 16.8. The van der Waals surface area contributed by atoms with Crippen LogP contribution in [0.1, 0.15) is 46.4 Å². The lowest BCUT2D eigenvalue weighted by atomic mass is 10.0. The van der Waals surface area contributed by atoms with Crippen molar-refractivity contribution in [2.75, 3.05) is 10.6 Å². The number of nitrogens with one attached hydrogen (secondary N) is 2. The molecule has 4 aromatic rings. The van der Waals surface area contributed by atoms with Gasteiger partial charge in [-0.1, -0.05) is 56.3 Å². The Labute approximate surface area is 174 Å². The van der Waals surface area contributed by atoms with Crippen LogP contribution in [0.3, 0.4) is 0 Å². The monoisotopic (exact) mass is 398 g/mol. The highest BCUT2D eigenvalue weighted by molar-refractivity contribution is 6.10. The van der Waals surface area contributed by atoms with Gasteiger partial charge in [0.15, 0.2) is 5.69 Å². The van der Waals surface area contributed by atoms with E-state index in [1.165, 1.54) is 0 Å². The molecule has 6 nitrogen and oxygen atoms in total. The van der Waals surface area contributed by atoms with E-state index in [4.69, 9.17) is 0 Å². The summed E-state index contributed by atoms with van der Waals surface area (Å²) in [7, 11) is 0. The van der Waals surface area contributed by atoms with Gasteiger partial charge in [-0.05, 0) is 41.8 Å². The molecule has 4 rings (SSSR count). The van der Waals surface area contributed by atoms with Gasteiger partial charge in [0.1, 0.15) is 0 Å². The Hall–Kier alpha value is -3.93. The molecule has 0 aliphatic carbocycles. The van der Waals surface area contributed by atoms with E-state index >= 15 is 0 Å². The summed E-state index contributed by atoms with van der Waals surface area (Å²) in [6.07, 6.45) is 1.73. The number of hydrogen-bond donors (Lipinski definition) is 2. The van der Waals surface area contributed by atoms with Gasteiger partial charge in [0.25, 0.3) is 11.8 Å². The third-order valence-corrected chi connectivity index (χ3v) is 4.83. The van der Waals surface area contributed by atoms with Gasteiger partial charge in [-0.2, -0.15) is 0 Å². The Bertz CT molecular complexity index is 1210. The Morgan fingerprint density at radius 2 is 1.53 bits per heavy atom. The molecule has 0 aliphatic rings. The number of carbonyl (C=O) groups is 2. The minimum atomic E-state index is -0.372. The Morgan fingerprint density at radius 1 is 0.833 bits per heavy atom. The smallest absolute Gasteiger partial charge is 0.292 e. The van der Waals surface area contributed by atoms with E-state index in [1.807, 2.05) is 48.5 Å². The SMILES string of the molecule is CC(C)c1ccccc1NC(=O)c1nc(C(=O)Nc2ccccc2)c2ccccn12. The molecule has 0 unspecified atom stereocenters. The fraction of sp³-hybridized carbons (Fsp3) is 0.125. The van der Waals surface area contributed by atoms with Crippen LogP contribution in [0.25, 0.3) is 5.52 Å². The maximum atomic E-state index is 13.1. The van der Waals surface area contributed by atoms with Crippen LogP contribution in [0.5, 0.6) is 0 Å². The molecule has 2 heterocycles. The van der Waals surface area contributed by atoms with Crippen molar-refractivity contribution in [2.45, 2.75) is 19.8 Å². The minimum absolute atomic E-state index is 0.155. The summed E-state index contributed by atoms with van der Waals surface area (Å²) in [6, 6.07) is 22.2. The number of anilines is 2. The normalized spacial score (nSPS) is 10.9. The van der Waals surface area contributed by atoms with Crippen molar-refractivity contribution in [3.8, 4) is 0 Å². The lowest BCUT2D eigenvalue weighted by Crippen LogP contribution is -2.17. The molecule has 0 bridgehead atoms. The van der Waals surface area contributed by atoms with Crippen LogP contribution in [0.15, 0.2) is 79.0 Å². The average molecular weight is 398 g/mol. The van der Waals surface area contributed by atoms with Gasteiger partial charge in [0.05, 0.1) is 5.52 Å². The summed E-state index contributed by atoms with van der Waals surface area (Å²) >= 11 is 0. The maximum absolute atomic E-state index is 13.1. The molecule has 0 fully saturated rings. The van der Waals surface area contributed by atoms with Gasteiger partial charge in [0, 0.05) is 17.6 Å². The van der Waals surface area contributed by atoms with Crippen LogP contribution in [0.2, 0.25) is 0 Å². The molecule has 2 amide bonds. The summed E-state index contributed by atoms with van der Waals surface area (Å²) < 4.78 is 1.63. The quantitative estimate of drug-likeness (QED) is 0.499. The zero-order chi connectivity index (χ0) is 21.1. The molecule has 0 saturated carbocycles. The number of amides is 2. The second-order valence-electron chi connectivity index (χ2n) is 7.26. The first kappa shape index (κ1) is 19.4. The fourth-order valence-electron chi connectivity index (χ4n) is 3.37. The number of aromatic nitrogens is 2. The second-order valence-corrected chi connectivity index (χ2v) is 7.26. The molecular formula is C24H22N4O2. The van der Waals surface area contributed by atoms with Crippen molar-refractivity contribution < 1.29 is 9.59 Å².